The molecule has 0 saturated carbocycles. The van der Waals surface area contributed by atoms with E-state index in [-0.39, 0.29) is 0 Å². The highest BCUT2D eigenvalue weighted by molar-refractivity contribution is 7.09. The summed E-state index contributed by atoms with van der Waals surface area (Å²) in [5.41, 5.74) is 3.08. The first-order valence-corrected chi connectivity index (χ1v) is 9.07. The van der Waals surface area contributed by atoms with Gasteiger partial charge in [0.25, 0.3) is 0 Å². The van der Waals surface area contributed by atoms with Crippen LogP contribution in [0.15, 0.2) is 10.0 Å². The molecule has 0 spiro atoms. The average Bonchev–Trinajstić information content (AvgIpc) is 3.20. The van der Waals surface area contributed by atoms with Crippen LogP contribution in [0, 0.1) is 12.8 Å². The van der Waals surface area contributed by atoms with Crippen LogP contribution in [0.25, 0.3) is 0 Å². The number of aryl methyl sites for hydroxylation is 1. The lowest BCUT2D eigenvalue weighted by Gasteiger charge is -2.20. The lowest BCUT2D eigenvalue weighted by molar-refractivity contribution is 0.280. The van der Waals surface area contributed by atoms with Gasteiger partial charge < -0.3 is 14.3 Å². The molecule has 7 heteroatoms. The van der Waals surface area contributed by atoms with Crippen molar-refractivity contribution in [1.29, 1.82) is 0 Å². The number of anilines is 1. The van der Waals surface area contributed by atoms with Gasteiger partial charge in [-0.1, -0.05) is 19.0 Å². The van der Waals surface area contributed by atoms with Crippen LogP contribution >= 0.6 is 11.3 Å². The summed E-state index contributed by atoms with van der Waals surface area (Å²) in [5, 5.41) is 4.06. The largest absolute Gasteiger partial charge is 0.324 e. The third-order valence-corrected chi connectivity index (χ3v) is 5.25. The normalized spacial score (nSPS) is 18.5. The molecule has 0 radical (unpaired) electrons. The summed E-state index contributed by atoms with van der Waals surface area (Å²) in [6.45, 7) is 10.3. The number of thiazole rings is 1. The van der Waals surface area contributed by atoms with Crippen LogP contribution < -0.4 is 4.90 Å². The van der Waals surface area contributed by atoms with Crippen molar-refractivity contribution in [3.8, 4) is 0 Å². The van der Waals surface area contributed by atoms with Gasteiger partial charge in [-0.3, -0.25) is 0 Å². The fourth-order valence-electron chi connectivity index (χ4n) is 2.97. The number of rotatable bonds is 6. The van der Waals surface area contributed by atoms with E-state index in [2.05, 4.69) is 52.7 Å². The Bertz CT molecular complexity index is 638. The number of aromatic nitrogens is 3. The summed E-state index contributed by atoms with van der Waals surface area (Å²) in [7, 11) is 2.19. The van der Waals surface area contributed by atoms with Gasteiger partial charge in [0.05, 0.1) is 11.2 Å². The van der Waals surface area contributed by atoms with E-state index in [1.54, 1.807) is 11.3 Å². The molecular weight excluding hydrogens is 310 g/mol. The van der Waals surface area contributed by atoms with E-state index in [1.807, 2.05) is 5.51 Å². The highest BCUT2D eigenvalue weighted by atomic mass is 32.1. The molecule has 2 aromatic heterocycles. The second kappa shape index (κ2) is 6.97. The van der Waals surface area contributed by atoms with Crippen LogP contribution in [0.3, 0.4) is 0 Å². The molecule has 0 bridgehead atoms. The van der Waals surface area contributed by atoms with Crippen LogP contribution in [0.1, 0.15) is 42.6 Å². The summed E-state index contributed by atoms with van der Waals surface area (Å²) < 4.78 is 5.41. The summed E-state index contributed by atoms with van der Waals surface area (Å²) in [4.78, 5) is 14.8. The van der Waals surface area contributed by atoms with Gasteiger partial charge in [0.2, 0.25) is 0 Å². The maximum atomic E-state index is 5.41. The van der Waals surface area contributed by atoms with Crippen molar-refractivity contribution >= 4 is 17.4 Å². The van der Waals surface area contributed by atoms with Crippen molar-refractivity contribution in [1.82, 2.24) is 20.0 Å². The minimum Gasteiger partial charge on any atom is -0.324 e. The average molecular weight is 335 g/mol. The second-order valence-electron chi connectivity index (χ2n) is 6.75. The number of hydrogen-bond donors (Lipinski definition) is 0. The van der Waals surface area contributed by atoms with Crippen molar-refractivity contribution in [2.24, 2.45) is 5.92 Å². The molecule has 6 nitrogen and oxygen atoms in total. The van der Waals surface area contributed by atoms with Crippen molar-refractivity contribution in [2.75, 3.05) is 31.6 Å². The molecule has 0 aromatic carbocycles. The molecule has 0 aliphatic carbocycles. The first kappa shape index (κ1) is 16.4. The third kappa shape index (κ3) is 3.90. The van der Waals surface area contributed by atoms with Gasteiger partial charge in [-0.2, -0.15) is 4.98 Å². The standard InChI is InChI=1S/C16H25N5OS/c1-11(2)15-18-16(22-19-15)21-6-5-13(8-21)7-20(4)9-14-12(3)17-10-23-14/h10-11,13H,5-9H2,1-4H3. The topological polar surface area (TPSA) is 58.3 Å². The van der Waals surface area contributed by atoms with Gasteiger partial charge in [0.1, 0.15) is 0 Å². The molecule has 1 atom stereocenters. The Balaban J connectivity index is 1.52. The molecule has 23 heavy (non-hydrogen) atoms. The molecule has 1 saturated heterocycles. The zero-order chi connectivity index (χ0) is 16.4. The Morgan fingerprint density at radius 2 is 2.30 bits per heavy atom. The summed E-state index contributed by atoms with van der Waals surface area (Å²) in [5.74, 6) is 1.74. The molecule has 1 aliphatic rings. The predicted molar refractivity (Wildman–Crippen MR) is 91.9 cm³/mol. The van der Waals surface area contributed by atoms with Crippen LogP contribution in [0.2, 0.25) is 0 Å². The Hall–Kier alpha value is -1.47. The molecule has 2 aromatic rings. The Morgan fingerprint density at radius 1 is 1.48 bits per heavy atom. The Labute approximate surface area is 141 Å². The molecule has 0 amide bonds. The van der Waals surface area contributed by atoms with Gasteiger partial charge in [-0.15, -0.1) is 11.3 Å². The highest BCUT2D eigenvalue weighted by Gasteiger charge is 2.27. The number of hydrogen-bond acceptors (Lipinski definition) is 7. The van der Waals surface area contributed by atoms with Crippen LogP contribution in [-0.2, 0) is 6.54 Å². The van der Waals surface area contributed by atoms with E-state index in [1.165, 1.54) is 11.3 Å². The van der Waals surface area contributed by atoms with Crippen molar-refractivity contribution < 1.29 is 4.52 Å². The quantitative estimate of drug-likeness (QED) is 0.809. The van der Waals surface area contributed by atoms with Crippen molar-refractivity contribution in [2.45, 2.75) is 39.7 Å². The maximum absolute atomic E-state index is 5.41. The SMILES string of the molecule is Cc1ncsc1CN(C)CC1CCN(c2nc(C(C)C)no2)C1. The van der Waals surface area contributed by atoms with E-state index in [4.69, 9.17) is 4.52 Å². The van der Waals surface area contributed by atoms with E-state index in [9.17, 15) is 0 Å². The molecular formula is C16H25N5OS. The van der Waals surface area contributed by atoms with Crippen LogP contribution in [0.4, 0.5) is 6.01 Å². The summed E-state index contributed by atoms with van der Waals surface area (Å²) in [6, 6.07) is 0.678. The van der Waals surface area contributed by atoms with Gasteiger partial charge >= 0.3 is 6.01 Å². The molecule has 3 heterocycles. The van der Waals surface area contributed by atoms with Gasteiger partial charge in [-0.05, 0) is 26.3 Å². The van der Waals surface area contributed by atoms with Crippen LogP contribution in [0.5, 0.6) is 0 Å². The fraction of sp³-hybridized carbons (Fsp3) is 0.688. The third-order valence-electron chi connectivity index (χ3n) is 4.33. The summed E-state index contributed by atoms with van der Waals surface area (Å²) in [6.07, 6.45) is 1.17. The van der Waals surface area contributed by atoms with E-state index < -0.39 is 0 Å². The van der Waals surface area contributed by atoms with E-state index in [0.29, 0.717) is 17.9 Å². The molecule has 1 unspecified atom stereocenters. The van der Waals surface area contributed by atoms with Gasteiger partial charge in [-0.25, -0.2) is 4.98 Å². The van der Waals surface area contributed by atoms with Crippen molar-refractivity contribution in [3.63, 3.8) is 0 Å². The first-order valence-electron chi connectivity index (χ1n) is 8.19. The molecule has 1 aliphatic heterocycles. The highest BCUT2D eigenvalue weighted by Crippen LogP contribution is 2.25. The molecule has 126 valence electrons. The predicted octanol–water partition coefficient (Wildman–Crippen LogP) is 2.92. The lowest BCUT2D eigenvalue weighted by atomic mass is 10.1. The lowest BCUT2D eigenvalue weighted by Crippen LogP contribution is -2.28. The molecule has 1 fully saturated rings. The first-order chi connectivity index (χ1) is 11.0. The Morgan fingerprint density at radius 3 is 2.96 bits per heavy atom. The zero-order valence-corrected chi connectivity index (χ0v) is 15.1. The number of nitrogens with zero attached hydrogens (tertiary/aromatic N) is 5. The Kier molecular flexibility index (Phi) is 4.96. The fourth-order valence-corrected chi connectivity index (χ4v) is 3.83. The second-order valence-corrected chi connectivity index (χ2v) is 7.69. The van der Waals surface area contributed by atoms with Crippen molar-refractivity contribution in [3.05, 3.63) is 21.9 Å². The molecule has 3 rings (SSSR count). The van der Waals surface area contributed by atoms with Gasteiger partial charge in [0, 0.05) is 37.0 Å². The molecule has 0 N–H and O–H groups in total. The smallest absolute Gasteiger partial charge is 0.324 e. The van der Waals surface area contributed by atoms with E-state index in [0.717, 1.165) is 37.7 Å². The summed E-state index contributed by atoms with van der Waals surface area (Å²) >= 11 is 1.74. The minimum absolute atomic E-state index is 0.305. The maximum Gasteiger partial charge on any atom is 0.324 e. The van der Waals surface area contributed by atoms with Crippen LogP contribution in [-0.4, -0.2) is 46.7 Å². The monoisotopic (exact) mass is 335 g/mol. The minimum atomic E-state index is 0.305. The van der Waals surface area contributed by atoms with Gasteiger partial charge in [0.15, 0.2) is 5.82 Å². The van der Waals surface area contributed by atoms with E-state index >= 15 is 0 Å². The zero-order valence-electron chi connectivity index (χ0n) is 14.3.